The highest BCUT2D eigenvalue weighted by molar-refractivity contribution is 6.15. The van der Waals surface area contributed by atoms with E-state index in [1.54, 1.807) is 0 Å². The Hall–Kier alpha value is -3.45. The Morgan fingerprint density at radius 2 is 1.28 bits per heavy atom. The van der Waals surface area contributed by atoms with Crippen LogP contribution >= 0.6 is 0 Å². The maximum atomic E-state index is 4.78. The van der Waals surface area contributed by atoms with Crippen molar-refractivity contribution >= 4 is 21.5 Å². The first kappa shape index (κ1) is 18.2. The standard InChI is InChI=1S/C31H25N/c1-30(2)23-11-8-12-24-26(23)27-25(30)17-22-19-15-16-32-29(18-9-6-5-7-10-18)21(19)14-13-20(22)28(27)31(24,3)4/h5-17H,1-4H3. The summed E-state index contributed by atoms with van der Waals surface area (Å²) in [6, 6.07) is 26.8. The van der Waals surface area contributed by atoms with E-state index in [0.29, 0.717) is 0 Å². The zero-order chi connectivity index (χ0) is 21.8. The van der Waals surface area contributed by atoms with Gasteiger partial charge in [-0.2, -0.15) is 0 Å². The van der Waals surface area contributed by atoms with Crippen LogP contribution in [0.25, 0.3) is 43.9 Å². The van der Waals surface area contributed by atoms with E-state index in [9.17, 15) is 0 Å². The van der Waals surface area contributed by atoms with Gasteiger partial charge in [0.2, 0.25) is 0 Å². The van der Waals surface area contributed by atoms with Crippen LogP contribution in [0.15, 0.2) is 79.0 Å². The molecule has 0 spiro atoms. The Bertz CT molecular complexity index is 1600. The fourth-order valence-electron chi connectivity index (χ4n) is 6.51. The van der Waals surface area contributed by atoms with E-state index in [-0.39, 0.29) is 10.8 Å². The minimum Gasteiger partial charge on any atom is -0.256 e. The van der Waals surface area contributed by atoms with Crippen molar-refractivity contribution in [3.05, 3.63) is 101 Å². The molecule has 1 nitrogen and oxygen atoms in total. The Morgan fingerprint density at radius 1 is 0.562 bits per heavy atom. The van der Waals surface area contributed by atoms with Crippen LogP contribution < -0.4 is 0 Å². The highest BCUT2D eigenvalue weighted by Gasteiger charge is 2.47. The van der Waals surface area contributed by atoms with Crippen LogP contribution in [0, 0.1) is 0 Å². The van der Waals surface area contributed by atoms with Crippen LogP contribution in [0.4, 0.5) is 0 Å². The minimum absolute atomic E-state index is 0.00555. The number of aromatic nitrogens is 1. The average molecular weight is 412 g/mol. The monoisotopic (exact) mass is 411 g/mol. The molecule has 0 radical (unpaired) electrons. The van der Waals surface area contributed by atoms with Crippen molar-refractivity contribution in [2.75, 3.05) is 0 Å². The van der Waals surface area contributed by atoms with Gasteiger partial charge < -0.3 is 0 Å². The van der Waals surface area contributed by atoms with Crippen LogP contribution in [-0.2, 0) is 10.8 Å². The van der Waals surface area contributed by atoms with Gasteiger partial charge in [0.1, 0.15) is 0 Å². The van der Waals surface area contributed by atoms with Crippen molar-refractivity contribution in [3.63, 3.8) is 0 Å². The largest absolute Gasteiger partial charge is 0.256 e. The Morgan fingerprint density at radius 3 is 2.06 bits per heavy atom. The molecule has 1 heteroatoms. The SMILES string of the molecule is CC1(C)c2cccc3c2-c2c1cc1c(ccc4c(-c5ccccc5)nccc41)c2C3(C)C. The molecule has 0 atom stereocenters. The quantitative estimate of drug-likeness (QED) is 0.255. The highest BCUT2D eigenvalue weighted by Crippen LogP contribution is 2.62. The molecule has 154 valence electrons. The van der Waals surface area contributed by atoms with Gasteiger partial charge in [0, 0.05) is 28.0 Å². The van der Waals surface area contributed by atoms with E-state index in [1.165, 1.54) is 60.5 Å². The molecule has 0 saturated carbocycles. The Balaban J connectivity index is 1.65. The molecule has 32 heavy (non-hydrogen) atoms. The summed E-state index contributed by atoms with van der Waals surface area (Å²) in [4.78, 5) is 4.78. The first-order valence-corrected chi connectivity index (χ1v) is 11.5. The molecule has 0 bridgehead atoms. The molecule has 0 N–H and O–H groups in total. The van der Waals surface area contributed by atoms with Gasteiger partial charge in [-0.25, -0.2) is 0 Å². The number of pyridine rings is 1. The summed E-state index contributed by atoms with van der Waals surface area (Å²) in [5.74, 6) is 0. The summed E-state index contributed by atoms with van der Waals surface area (Å²) >= 11 is 0. The fourth-order valence-corrected chi connectivity index (χ4v) is 6.51. The van der Waals surface area contributed by atoms with Crippen molar-refractivity contribution in [2.45, 2.75) is 38.5 Å². The van der Waals surface area contributed by atoms with Crippen molar-refractivity contribution in [1.82, 2.24) is 4.98 Å². The van der Waals surface area contributed by atoms with Crippen molar-refractivity contribution in [1.29, 1.82) is 0 Å². The number of benzene rings is 4. The van der Waals surface area contributed by atoms with E-state index in [0.717, 1.165) is 5.69 Å². The second-order valence-electron chi connectivity index (χ2n) is 10.4. The van der Waals surface area contributed by atoms with E-state index < -0.39 is 0 Å². The van der Waals surface area contributed by atoms with Crippen LogP contribution in [-0.4, -0.2) is 4.98 Å². The lowest BCUT2D eigenvalue weighted by Gasteiger charge is -2.30. The van der Waals surface area contributed by atoms with Crippen LogP contribution in [0.3, 0.4) is 0 Å². The van der Waals surface area contributed by atoms with Gasteiger partial charge in [-0.05, 0) is 61.7 Å². The first-order valence-electron chi connectivity index (χ1n) is 11.5. The second-order valence-corrected chi connectivity index (χ2v) is 10.4. The van der Waals surface area contributed by atoms with Gasteiger partial charge in [0.05, 0.1) is 5.69 Å². The van der Waals surface area contributed by atoms with Gasteiger partial charge in [-0.15, -0.1) is 0 Å². The third-order valence-corrected chi connectivity index (χ3v) is 8.07. The molecule has 1 heterocycles. The van der Waals surface area contributed by atoms with E-state index >= 15 is 0 Å². The van der Waals surface area contributed by atoms with E-state index in [1.807, 2.05) is 6.20 Å². The lowest BCUT2D eigenvalue weighted by Crippen LogP contribution is -2.21. The maximum Gasteiger partial charge on any atom is 0.0780 e. The molecule has 0 amide bonds. The third kappa shape index (κ3) is 1.98. The zero-order valence-corrected chi connectivity index (χ0v) is 19.0. The predicted octanol–water partition coefficient (Wildman–Crippen LogP) is 8.00. The van der Waals surface area contributed by atoms with Crippen molar-refractivity contribution in [2.24, 2.45) is 0 Å². The lowest BCUT2D eigenvalue weighted by atomic mass is 9.73. The number of hydrogen-bond acceptors (Lipinski definition) is 1. The van der Waals surface area contributed by atoms with Gasteiger partial charge in [-0.1, -0.05) is 88.4 Å². The molecular formula is C31H25N. The number of nitrogens with zero attached hydrogens (tertiary/aromatic N) is 1. The van der Waals surface area contributed by atoms with Crippen molar-refractivity contribution < 1.29 is 0 Å². The van der Waals surface area contributed by atoms with Crippen LogP contribution in [0.1, 0.15) is 49.9 Å². The smallest absolute Gasteiger partial charge is 0.0780 e. The summed E-state index contributed by atoms with van der Waals surface area (Å²) in [6.07, 6.45) is 1.97. The Kier molecular flexibility index (Phi) is 3.21. The topological polar surface area (TPSA) is 12.9 Å². The van der Waals surface area contributed by atoms with Crippen LogP contribution in [0.2, 0.25) is 0 Å². The van der Waals surface area contributed by atoms with E-state index in [4.69, 9.17) is 4.98 Å². The highest BCUT2D eigenvalue weighted by atomic mass is 14.7. The lowest BCUT2D eigenvalue weighted by molar-refractivity contribution is 0.634. The van der Waals surface area contributed by atoms with E-state index in [2.05, 4.69) is 100 Å². The molecule has 4 aromatic carbocycles. The molecule has 0 unspecified atom stereocenters. The third-order valence-electron chi connectivity index (χ3n) is 8.07. The summed E-state index contributed by atoms with van der Waals surface area (Å²) < 4.78 is 0. The van der Waals surface area contributed by atoms with Crippen molar-refractivity contribution in [3.8, 4) is 22.4 Å². The summed E-state index contributed by atoms with van der Waals surface area (Å²) in [5.41, 5.74) is 11.1. The molecule has 5 aromatic rings. The van der Waals surface area contributed by atoms with Crippen LogP contribution in [0.5, 0.6) is 0 Å². The summed E-state index contributed by atoms with van der Waals surface area (Å²) in [7, 11) is 0. The number of rotatable bonds is 1. The van der Waals surface area contributed by atoms with Gasteiger partial charge in [0.25, 0.3) is 0 Å². The zero-order valence-electron chi connectivity index (χ0n) is 19.0. The first-order chi connectivity index (χ1) is 15.4. The van der Waals surface area contributed by atoms with Gasteiger partial charge in [0.15, 0.2) is 0 Å². The molecule has 1 aromatic heterocycles. The predicted molar refractivity (Wildman–Crippen MR) is 134 cm³/mol. The second kappa shape index (κ2) is 5.66. The maximum absolute atomic E-state index is 4.78. The van der Waals surface area contributed by atoms with Gasteiger partial charge in [-0.3, -0.25) is 4.98 Å². The molecule has 0 fully saturated rings. The number of hydrogen-bond donors (Lipinski definition) is 0. The fraction of sp³-hybridized carbons (Fsp3) is 0.194. The summed E-state index contributed by atoms with van der Waals surface area (Å²) in [5, 5.41) is 5.25. The average Bonchev–Trinajstić information content (AvgIpc) is 3.19. The molecule has 0 aliphatic heterocycles. The molecule has 2 aliphatic carbocycles. The molecule has 2 aliphatic rings. The molecule has 7 rings (SSSR count). The summed E-state index contributed by atoms with van der Waals surface area (Å²) in [6.45, 7) is 9.57. The van der Waals surface area contributed by atoms with Gasteiger partial charge >= 0.3 is 0 Å². The minimum atomic E-state index is -0.00555. The molecule has 0 saturated heterocycles. The number of fused-ring (bicyclic) bond motifs is 4. The normalized spacial score (nSPS) is 16.6. The molecular weight excluding hydrogens is 386 g/mol. The Labute approximate surface area is 188 Å².